The summed E-state index contributed by atoms with van der Waals surface area (Å²) in [5, 5.41) is 3.48. The zero-order valence-corrected chi connectivity index (χ0v) is 22.7. The second kappa shape index (κ2) is 11.1. The number of nitrogens with two attached hydrogens (primary N) is 1. The van der Waals surface area contributed by atoms with E-state index in [1.807, 2.05) is 0 Å². The van der Waals surface area contributed by atoms with Gasteiger partial charge in [0.15, 0.2) is 0 Å². The lowest BCUT2D eigenvalue weighted by Gasteiger charge is -2.21. The van der Waals surface area contributed by atoms with Gasteiger partial charge < -0.3 is 11.1 Å². The second-order valence-corrected chi connectivity index (χ2v) is 9.67. The predicted octanol–water partition coefficient (Wildman–Crippen LogP) is 5.85. The van der Waals surface area contributed by atoms with Crippen LogP contribution in [0.3, 0.4) is 0 Å². The third kappa shape index (κ3) is 5.73. The first-order valence-electron chi connectivity index (χ1n) is 12.3. The number of nitrogens with one attached hydrogen (secondary N) is 1. The van der Waals surface area contributed by atoms with Gasteiger partial charge in [-0.05, 0) is 67.8 Å². The van der Waals surface area contributed by atoms with Gasteiger partial charge in [0.2, 0.25) is 0 Å². The molecule has 1 unspecified atom stereocenters. The average Bonchev–Trinajstić information content (AvgIpc) is 2.91. The number of fused-ring (bicyclic) bond motifs is 1. The monoisotopic (exact) mass is 593 g/mol. The van der Waals surface area contributed by atoms with Gasteiger partial charge in [-0.3, -0.25) is 9.36 Å². The number of benzene rings is 2. The summed E-state index contributed by atoms with van der Waals surface area (Å²) < 4.78 is 54.3. The zero-order chi connectivity index (χ0) is 30.2. The van der Waals surface area contributed by atoms with E-state index in [0.29, 0.717) is 17.3 Å². The summed E-state index contributed by atoms with van der Waals surface area (Å²) in [6.45, 7) is 3.40. The normalized spacial score (nSPS) is 12.1. The lowest BCUT2D eigenvalue weighted by Crippen LogP contribution is -2.28. The quantitative estimate of drug-likeness (QED) is 0.199. The van der Waals surface area contributed by atoms with E-state index >= 15 is 0 Å². The SMILES string of the molecule is Cc1cc(F)cc(-n2c(C(C)Nc3ncnc(N)c3C#Cc3ccc(C(F)(F)F)cn3)nc3cccc(Cl)c3c2=O)c1. The summed E-state index contributed by atoms with van der Waals surface area (Å²) in [5.74, 6) is 5.25. The van der Waals surface area contributed by atoms with Crippen LogP contribution in [0.1, 0.15) is 41.2 Å². The number of aromatic nitrogens is 5. The molecule has 0 bridgehead atoms. The van der Waals surface area contributed by atoms with E-state index in [-0.39, 0.29) is 44.8 Å². The minimum Gasteiger partial charge on any atom is -0.382 e. The summed E-state index contributed by atoms with van der Waals surface area (Å²) in [6.07, 6.45) is -2.65. The molecule has 0 spiro atoms. The number of hydrogen-bond acceptors (Lipinski definition) is 7. The maximum absolute atomic E-state index is 14.4. The molecule has 1 atom stereocenters. The van der Waals surface area contributed by atoms with Crippen LogP contribution in [0.15, 0.2) is 65.8 Å². The molecular weight excluding hydrogens is 574 g/mol. The third-order valence-electron chi connectivity index (χ3n) is 6.18. The van der Waals surface area contributed by atoms with E-state index in [1.54, 1.807) is 38.1 Å². The first-order valence-corrected chi connectivity index (χ1v) is 12.7. The Balaban J connectivity index is 1.59. The average molecular weight is 594 g/mol. The van der Waals surface area contributed by atoms with E-state index in [2.05, 4.69) is 37.1 Å². The van der Waals surface area contributed by atoms with Crippen molar-refractivity contribution in [2.75, 3.05) is 11.1 Å². The molecule has 5 rings (SSSR count). The van der Waals surface area contributed by atoms with E-state index in [1.165, 1.54) is 23.0 Å². The fourth-order valence-electron chi connectivity index (χ4n) is 4.26. The van der Waals surface area contributed by atoms with E-state index in [9.17, 15) is 22.4 Å². The molecule has 3 aromatic heterocycles. The Morgan fingerprint density at radius 3 is 2.55 bits per heavy atom. The molecule has 8 nitrogen and oxygen atoms in total. The lowest BCUT2D eigenvalue weighted by molar-refractivity contribution is -0.137. The van der Waals surface area contributed by atoms with Crippen LogP contribution < -0.4 is 16.6 Å². The molecule has 13 heteroatoms. The molecule has 3 N–H and O–H groups in total. The van der Waals surface area contributed by atoms with Crippen LogP contribution in [0.2, 0.25) is 5.02 Å². The van der Waals surface area contributed by atoms with Gasteiger partial charge in [-0.2, -0.15) is 13.2 Å². The van der Waals surface area contributed by atoms with Crippen LogP contribution >= 0.6 is 11.6 Å². The van der Waals surface area contributed by atoms with Crippen molar-refractivity contribution in [3.8, 4) is 17.5 Å². The summed E-state index contributed by atoms with van der Waals surface area (Å²) in [7, 11) is 0. The van der Waals surface area contributed by atoms with Gasteiger partial charge in [0.25, 0.3) is 5.56 Å². The molecule has 42 heavy (non-hydrogen) atoms. The highest BCUT2D eigenvalue weighted by Gasteiger charge is 2.30. The largest absolute Gasteiger partial charge is 0.417 e. The van der Waals surface area contributed by atoms with Crippen LogP contribution in [0.4, 0.5) is 29.2 Å². The van der Waals surface area contributed by atoms with Crippen molar-refractivity contribution in [1.82, 2.24) is 24.5 Å². The smallest absolute Gasteiger partial charge is 0.382 e. The van der Waals surface area contributed by atoms with Gasteiger partial charge >= 0.3 is 6.18 Å². The lowest BCUT2D eigenvalue weighted by atomic mass is 10.1. The van der Waals surface area contributed by atoms with Crippen molar-refractivity contribution in [2.45, 2.75) is 26.1 Å². The van der Waals surface area contributed by atoms with E-state index < -0.39 is 29.2 Å². The Hall–Kier alpha value is -5.02. The van der Waals surface area contributed by atoms with Crippen LogP contribution in [0.25, 0.3) is 16.6 Å². The first kappa shape index (κ1) is 28.5. The summed E-state index contributed by atoms with van der Waals surface area (Å²) in [6, 6.07) is 10.3. The van der Waals surface area contributed by atoms with Crippen molar-refractivity contribution < 1.29 is 17.6 Å². The molecule has 0 saturated carbocycles. The fraction of sp³-hybridized carbons (Fsp3) is 0.138. The second-order valence-electron chi connectivity index (χ2n) is 9.26. The van der Waals surface area contributed by atoms with Crippen LogP contribution in [0, 0.1) is 24.6 Å². The van der Waals surface area contributed by atoms with E-state index in [0.717, 1.165) is 12.1 Å². The first-order chi connectivity index (χ1) is 19.9. The molecule has 0 aliphatic rings. The number of anilines is 2. The van der Waals surface area contributed by atoms with Gasteiger partial charge in [-0.25, -0.2) is 24.3 Å². The summed E-state index contributed by atoms with van der Waals surface area (Å²) >= 11 is 6.35. The fourth-order valence-corrected chi connectivity index (χ4v) is 4.51. The number of nitrogens with zero attached hydrogens (tertiary/aromatic N) is 5. The van der Waals surface area contributed by atoms with Crippen molar-refractivity contribution in [3.05, 3.63) is 110 Å². The standard InChI is InChI=1S/C29H20ClF4N7O/c1-15-10-18(31)12-20(11-15)41-27(40-23-5-3-4-22(30)24(23)28(41)42)16(2)39-26-21(25(35)37-14-38-26)9-8-19-7-6-17(13-36-19)29(32,33)34/h3-7,10-14,16H,1-2H3,(H3,35,37,38,39). The predicted molar refractivity (Wildman–Crippen MR) is 151 cm³/mol. The molecule has 0 radical (unpaired) electrons. The van der Waals surface area contributed by atoms with Crippen molar-refractivity contribution in [2.24, 2.45) is 0 Å². The maximum Gasteiger partial charge on any atom is 0.417 e. The van der Waals surface area contributed by atoms with Gasteiger partial charge in [0, 0.05) is 6.20 Å². The summed E-state index contributed by atoms with van der Waals surface area (Å²) in [4.78, 5) is 30.4. The number of alkyl halides is 3. The summed E-state index contributed by atoms with van der Waals surface area (Å²) in [5.41, 5.74) is 6.01. The van der Waals surface area contributed by atoms with Gasteiger partial charge in [0.1, 0.15) is 40.9 Å². The zero-order valence-electron chi connectivity index (χ0n) is 22.0. The Morgan fingerprint density at radius 2 is 1.86 bits per heavy atom. The van der Waals surface area contributed by atoms with E-state index in [4.69, 9.17) is 17.3 Å². The highest BCUT2D eigenvalue weighted by atomic mass is 35.5. The van der Waals surface area contributed by atoms with Gasteiger partial charge in [0.05, 0.1) is 33.2 Å². The molecule has 0 fully saturated rings. The highest BCUT2D eigenvalue weighted by Crippen LogP contribution is 2.29. The minimum atomic E-state index is -4.53. The number of aryl methyl sites for hydroxylation is 1. The third-order valence-corrected chi connectivity index (χ3v) is 6.50. The number of hydrogen-bond donors (Lipinski definition) is 2. The highest BCUT2D eigenvalue weighted by molar-refractivity contribution is 6.35. The van der Waals surface area contributed by atoms with Crippen molar-refractivity contribution in [3.63, 3.8) is 0 Å². The number of halogens is 5. The molecule has 0 saturated heterocycles. The van der Waals surface area contributed by atoms with Crippen molar-refractivity contribution >= 4 is 34.1 Å². The Kier molecular flexibility index (Phi) is 7.53. The molecule has 3 heterocycles. The minimum absolute atomic E-state index is 0.00416. The van der Waals surface area contributed by atoms with Gasteiger partial charge in [-0.15, -0.1) is 0 Å². The molecule has 212 valence electrons. The number of nitrogen functional groups attached to an aromatic ring is 1. The number of rotatable bonds is 4. The van der Waals surface area contributed by atoms with Gasteiger partial charge in [-0.1, -0.05) is 23.6 Å². The van der Waals surface area contributed by atoms with Crippen LogP contribution in [0.5, 0.6) is 0 Å². The Morgan fingerprint density at radius 1 is 1.07 bits per heavy atom. The Bertz CT molecular complexity index is 1930. The molecule has 0 amide bonds. The van der Waals surface area contributed by atoms with Crippen LogP contribution in [-0.2, 0) is 6.18 Å². The maximum atomic E-state index is 14.4. The molecule has 0 aliphatic heterocycles. The Labute approximate surface area is 241 Å². The molecule has 0 aliphatic carbocycles. The van der Waals surface area contributed by atoms with Crippen molar-refractivity contribution in [1.29, 1.82) is 0 Å². The molecule has 2 aromatic carbocycles. The molecule has 5 aromatic rings. The number of pyridine rings is 1. The molecular formula is C29H20ClF4N7O. The van der Waals surface area contributed by atoms with Crippen LogP contribution in [-0.4, -0.2) is 24.5 Å². The topological polar surface area (TPSA) is 112 Å².